The van der Waals surface area contributed by atoms with Gasteiger partial charge in [0.15, 0.2) is 5.82 Å². The molecule has 120 valence electrons. The minimum Gasteiger partial charge on any atom is -0.349 e. The summed E-state index contributed by atoms with van der Waals surface area (Å²) in [6.45, 7) is 3.19. The van der Waals surface area contributed by atoms with E-state index in [2.05, 4.69) is 20.4 Å². The number of halogens is 1. The van der Waals surface area contributed by atoms with Crippen molar-refractivity contribution in [2.45, 2.75) is 13.5 Å². The van der Waals surface area contributed by atoms with Gasteiger partial charge < -0.3 is 5.32 Å². The van der Waals surface area contributed by atoms with Crippen molar-refractivity contribution in [1.29, 1.82) is 0 Å². The molecule has 7 heteroatoms. The van der Waals surface area contributed by atoms with Gasteiger partial charge >= 0.3 is 0 Å². The average molecular weight is 340 g/mol. The number of amides is 1. The molecule has 0 radical (unpaired) electrons. The molecule has 6 nitrogen and oxygen atoms in total. The van der Waals surface area contributed by atoms with Crippen molar-refractivity contribution in [3.05, 3.63) is 52.8 Å². The molecule has 1 aliphatic heterocycles. The van der Waals surface area contributed by atoms with Gasteiger partial charge in [0.1, 0.15) is 11.4 Å². The molecular formula is C17H14ClN5O. The van der Waals surface area contributed by atoms with Crippen LogP contribution in [0.5, 0.6) is 0 Å². The maximum atomic E-state index is 11.9. The molecule has 4 rings (SSSR count). The third kappa shape index (κ3) is 2.55. The monoisotopic (exact) mass is 339 g/mol. The molecule has 0 atom stereocenters. The summed E-state index contributed by atoms with van der Waals surface area (Å²) in [5.74, 6) is 0.491. The quantitative estimate of drug-likeness (QED) is 0.779. The van der Waals surface area contributed by atoms with Gasteiger partial charge in [0, 0.05) is 23.3 Å². The maximum Gasteiger partial charge on any atom is 0.269 e. The van der Waals surface area contributed by atoms with Crippen LogP contribution in [-0.2, 0) is 6.54 Å². The summed E-state index contributed by atoms with van der Waals surface area (Å²) in [6, 6.07) is 9.22. The summed E-state index contributed by atoms with van der Waals surface area (Å²) < 4.78 is 1.71. The first-order valence-electron chi connectivity index (χ1n) is 7.58. The molecule has 0 fully saturated rings. The van der Waals surface area contributed by atoms with Gasteiger partial charge in [0.05, 0.1) is 12.2 Å². The molecule has 1 amide bonds. The number of hydrogen-bond donors (Lipinski definition) is 1. The number of aryl methyl sites for hydroxylation is 1. The molecule has 1 N–H and O–H groups in total. The van der Waals surface area contributed by atoms with E-state index in [1.807, 2.05) is 25.1 Å². The fraction of sp³-hybridized carbons (Fsp3) is 0.176. The molecule has 0 saturated carbocycles. The Kier molecular flexibility index (Phi) is 3.54. The number of rotatable bonds is 2. The van der Waals surface area contributed by atoms with E-state index >= 15 is 0 Å². The minimum atomic E-state index is -0.109. The molecule has 1 aliphatic rings. The van der Waals surface area contributed by atoms with Crippen LogP contribution in [0.15, 0.2) is 36.5 Å². The smallest absolute Gasteiger partial charge is 0.269 e. The lowest BCUT2D eigenvalue weighted by Gasteiger charge is -2.13. The first-order chi connectivity index (χ1) is 11.6. The summed E-state index contributed by atoms with van der Waals surface area (Å²) >= 11 is 6.08. The number of hydrogen-bond acceptors (Lipinski definition) is 4. The van der Waals surface area contributed by atoms with Gasteiger partial charge in [-0.3, -0.25) is 9.48 Å². The standard InChI is InChI=1S/C17H14ClN5O/c1-10-8-11(2-3-12(10)18)16-19-5-4-13(21-16)14-9-15-17(24)20-6-7-23(15)22-14/h2-5,8-9H,6-7H2,1H3,(H,20,24). The Morgan fingerprint density at radius 2 is 2.08 bits per heavy atom. The van der Waals surface area contributed by atoms with Crippen molar-refractivity contribution in [1.82, 2.24) is 25.1 Å². The van der Waals surface area contributed by atoms with Crippen LogP contribution in [0.1, 0.15) is 16.1 Å². The van der Waals surface area contributed by atoms with Crippen molar-refractivity contribution < 1.29 is 4.79 Å². The van der Waals surface area contributed by atoms with Crippen molar-refractivity contribution in [2.75, 3.05) is 6.54 Å². The summed E-state index contributed by atoms with van der Waals surface area (Å²) in [7, 11) is 0. The number of aromatic nitrogens is 4. The van der Waals surface area contributed by atoms with Gasteiger partial charge in [-0.2, -0.15) is 5.10 Å². The lowest BCUT2D eigenvalue weighted by Crippen LogP contribution is -2.35. The van der Waals surface area contributed by atoms with Gasteiger partial charge in [-0.05, 0) is 42.8 Å². The van der Waals surface area contributed by atoms with Gasteiger partial charge in [-0.15, -0.1) is 0 Å². The van der Waals surface area contributed by atoms with Crippen LogP contribution in [0.3, 0.4) is 0 Å². The predicted octanol–water partition coefficient (Wildman–Crippen LogP) is 2.71. The van der Waals surface area contributed by atoms with E-state index in [1.54, 1.807) is 23.0 Å². The number of nitrogens with one attached hydrogen (secondary N) is 1. The highest BCUT2D eigenvalue weighted by Gasteiger charge is 2.20. The molecule has 2 aromatic heterocycles. The summed E-state index contributed by atoms with van der Waals surface area (Å²) in [6.07, 6.45) is 1.69. The van der Waals surface area contributed by atoms with Crippen LogP contribution in [0, 0.1) is 6.92 Å². The molecule has 1 aromatic carbocycles. The summed E-state index contributed by atoms with van der Waals surface area (Å²) in [5, 5.41) is 8.00. The molecule has 0 unspecified atom stereocenters. The molecule has 0 spiro atoms. The molecule has 0 saturated heterocycles. The van der Waals surface area contributed by atoms with Crippen LogP contribution in [0.4, 0.5) is 0 Å². The zero-order chi connectivity index (χ0) is 16.7. The number of carbonyl (C=O) groups excluding carboxylic acids is 1. The van der Waals surface area contributed by atoms with Crippen molar-refractivity contribution in [2.24, 2.45) is 0 Å². The Bertz CT molecular complexity index is 950. The van der Waals surface area contributed by atoms with E-state index in [4.69, 9.17) is 11.6 Å². The summed E-state index contributed by atoms with van der Waals surface area (Å²) in [4.78, 5) is 20.8. The average Bonchev–Trinajstić information content (AvgIpc) is 3.03. The lowest BCUT2D eigenvalue weighted by atomic mass is 10.1. The first-order valence-corrected chi connectivity index (χ1v) is 7.95. The molecule has 3 aromatic rings. The highest BCUT2D eigenvalue weighted by molar-refractivity contribution is 6.31. The molecule has 0 aliphatic carbocycles. The first kappa shape index (κ1) is 14.8. The second-order valence-corrected chi connectivity index (χ2v) is 6.03. The number of fused-ring (bicyclic) bond motifs is 1. The van der Waals surface area contributed by atoms with Crippen molar-refractivity contribution in [3.63, 3.8) is 0 Å². The van der Waals surface area contributed by atoms with Gasteiger partial charge in [0.25, 0.3) is 5.91 Å². The van der Waals surface area contributed by atoms with E-state index in [1.165, 1.54) is 0 Å². The van der Waals surface area contributed by atoms with Gasteiger partial charge in [-0.1, -0.05) is 11.6 Å². The van der Waals surface area contributed by atoms with Crippen LogP contribution < -0.4 is 5.32 Å². The van der Waals surface area contributed by atoms with Crippen LogP contribution >= 0.6 is 11.6 Å². The predicted molar refractivity (Wildman–Crippen MR) is 90.8 cm³/mol. The minimum absolute atomic E-state index is 0.109. The van der Waals surface area contributed by atoms with Crippen molar-refractivity contribution in [3.8, 4) is 22.8 Å². The third-order valence-corrected chi connectivity index (χ3v) is 4.38. The van der Waals surface area contributed by atoms with Crippen LogP contribution in [-0.4, -0.2) is 32.2 Å². The van der Waals surface area contributed by atoms with E-state index < -0.39 is 0 Å². The summed E-state index contributed by atoms with van der Waals surface area (Å²) in [5.41, 5.74) is 3.76. The fourth-order valence-electron chi connectivity index (χ4n) is 2.69. The van der Waals surface area contributed by atoms with E-state index in [9.17, 15) is 4.79 Å². The Hall–Kier alpha value is -2.73. The Labute approximate surface area is 143 Å². The highest BCUT2D eigenvalue weighted by Crippen LogP contribution is 2.24. The fourth-order valence-corrected chi connectivity index (χ4v) is 2.80. The van der Waals surface area contributed by atoms with Crippen LogP contribution in [0.2, 0.25) is 5.02 Å². The SMILES string of the molecule is Cc1cc(-c2nccc(-c3cc4n(n3)CCNC4=O)n2)ccc1Cl. The number of benzene rings is 1. The molecule has 24 heavy (non-hydrogen) atoms. The van der Waals surface area contributed by atoms with Crippen molar-refractivity contribution >= 4 is 17.5 Å². The van der Waals surface area contributed by atoms with Gasteiger partial charge in [-0.25, -0.2) is 9.97 Å². The maximum absolute atomic E-state index is 11.9. The van der Waals surface area contributed by atoms with Crippen LogP contribution in [0.25, 0.3) is 22.8 Å². The Balaban J connectivity index is 1.75. The normalized spacial score (nSPS) is 13.5. The number of carbonyl (C=O) groups is 1. The second kappa shape index (κ2) is 5.72. The molecular weight excluding hydrogens is 326 g/mol. The zero-order valence-electron chi connectivity index (χ0n) is 13.0. The van der Waals surface area contributed by atoms with Gasteiger partial charge in [0.2, 0.25) is 0 Å². The Morgan fingerprint density at radius 1 is 1.21 bits per heavy atom. The highest BCUT2D eigenvalue weighted by atomic mass is 35.5. The largest absolute Gasteiger partial charge is 0.349 e. The lowest BCUT2D eigenvalue weighted by molar-refractivity contribution is 0.0924. The molecule has 0 bridgehead atoms. The van der Waals surface area contributed by atoms with E-state index in [0.29, 0.717) is 41.0 Å². The number of nitrogens with zero attached hydrogens (tertiary/aromatic N) is 4. The third-order valence-electron chi connectivity index (χ3n) is 3.96. The second-order valence-electron chi connectivity index (χ2n) is 5.62. The topological polar surface area (TPSA) is 72.7 Å². The Morgan fingerprint density at radius 3 is 2.88 bits per heavy atom. The zero-order valence-corrected chi connectivity index (χ0v) is 13.7. The molecule has 3 heterocycles. The van der Waals surface area contributed by atoms with E-state index in [-0.39, 0.29) is 5.91 Å². The van der Waals surface area contributed by atoms with E-state index in [0.717, 1.165) is 11.1 Å².